The van der Waals surface area contributed by atoms with E-state index in [0.29, 0.717) is 11.8 Å². The van der Waals surface area contributed by atoms with Gasteiger partial charge in [0.2, 0.25) is 5.88 Å². The van der Waals surface area contributed by atoms with Crippen molar-refractivity contribution in [1.29, 1.82) is 0 Å². The van der Waals surface area contributed by atoms with Gasteiger partial charge in [-0.3, -0.25) is 0 Å². The van der Waals surface area contributed by atoms with Crippen LogP contribution in [0.2, 0.25) is 0 Å². The summed E-state index contributed by atoms with van der Waals surface area (Å²) in [6.45, 7) is 4.14. The number of hydrogen-bond donors (Lipinski definition) is 1. The fourth-order valence-electron chi connectivity index (χ4n) is 1.99. The molecule has 1 atom stereocenters. The SMILES string of the molecule is COc1cc(CC2CCNC2)nc(C)n1. The van der Waals surface area contributed by atoms with E-state index in [1.54, 1.807) is 7.11 Å². The second-order valence-electron chi connectivity index (χ2n) is 4.01. The molecule has 0 saturated carbocycles. The highest BCUT2D eigenvalue weighted by Crippen LogP contribution is 2.16. The summed E-state index contributed by atoms with van der Waals surface area (Å²) < 4.78 is 5.13. The van der Waals surface area contributed by atoms with Crippen LogP contribution in [0.15, 0.2) is 6.07 Å². The number of rotatable bonds is 3. The Kier molecular flexibility index (Phi) is 3.16. The Hall–Kier alpha value is -1.16. The van der Waals surface area contributed by atoms with Gasteiger partial charge in [0.05, 0.1) is 7.11 Å². The van der Waals surface area contributed by atoms with Crippen LogP contribution in [0.25, 0.3) is 0 Å². The van der Waals surface area contributed by atoms with Gasteiger partial charge in [-0.25, -0.2) is 4.98 Å². The molecule has 0 aliphatic carbocycles. The highest BCUT2D eigenvalue weighted by atomic mass is 16.5. The van der Waals surface area contributed by atoms with Crippen molar-refractivity contribution in [3.8, 4) is 5.88 Å². The van der Waals surface area contributed by atoms with Crippen molar-refractivity contribution >= 4 is 0 Å². The van der Waals surface area contributed by atoms with Crippen molar-refractivity contribution in [2.24, 2.45) is 5.92 Å². The summed E-state index contributed by atoms with van der Waals surface area (Å²) in [5.41, 5.74) is 1.09. The molecular formula is C11H17N3O. The van der Waals surface area contributed by atoms with Gasteiger partial charge in [-0.2, -0.15) is 4.98 Å². The van der Waals surface area contributed by atoms with Crippen molar-refractivity contribution in [2.75, 3.05) is 20.2 Å². The molecule has 0 aromatic carbocycles. The van der Waals surface area contributed by atoms with E-state index >= 15 is 0 Å². The van der Waals surface area contributed by atoms with E-state index < -0.39 is 0 Å². The van der Waals surface area contributed by atoms with Gasteiger partial charge in [-0.15, -0.1) is 0 Å². The number of methoxy groups -OCH3 is 1. The van der Waals surface area contributed by atoms with Gasteiger partial charge in [0, 0.05) is 11.8 Å². The van der Waals surface area contributed by atoms with Crippen LogP contribution in [-0.2, 0) is 6.42 Å². The van der Waals surface area contributed by atoms with Gasteiger partial charge in [-0.05, 0) is 38.8 Å². The summed E-state index contributed by atoms with van der Waals surface area (Å²) in [5.74, 6) is 2.17. The molecule has 82 valence electrons. The standard InChI is InChI=1S/C11H17N3O/c1-8-13-10(6-11(14-8)15-2)5-9-3-4-12-7-9/h6,9,12H,3-5,7H2,1-2H3. The molecule has 1 N–H and O–H groups in total. The Morgan fingerprint density at radius 2 is 2.40 bits per heavy atom. The highest BCUT2D eigenvalue weighted by molar-refractivity contribution is 5.16. The predicted octanol–water partition coefficient (Wildman–Crippen LogP) is 0.946. The normalized spacial score (nSPS) is 20.5. The lowest BCUT2D eigenvalue weighted by molar-refractivity contribution is 0.393. The molecular weight excluding hydrogens is 190 g/mol. The molecule has 1 saturated heterocycles. The minimum atomic E-state index is 0.670. The van der Waals surface area contributed by atoms with Crippen molar-refractivity contribution in [3.05, 3.63) is 17.6 Å². The number of nitrogens with zero attached hydrogens (tertiary/aromatic N) is 2. The molecule has 1 fully saturated rings. The van der Waals surface area contributed by atoms with Gasteiger partial charge >= 0.3 is 0 Å². The minimum Gasteiger partial charge on any atom is -0.481 e. The maximum Gasteiger partial charge on any atom is 0.216 e. The average Bonchev–Trinajstić information content (AvgIpc) is 2.69. The molecule has 2 heterocycles. The topological polar surface area (TPSA) is 47.0 Å². The zero-order valence-corrected chi connectivity index (χ0v) is 9.29. The zero-order chi connectivity index (χ0) is 10.7. The van der Waals surface area contributed by atoms with E-state index in [2.05, 4.69) is 15.3 Å². The van der Waals surface area contributed by atoms with Gasteiger partial charge in [0.25, 0.3) is 0 Å². The number of aryl methyl sites for hydroxylation is 1. The molecule has 0 bridgehead atoms. The van der Waals surface area contributed by atoms with E-state index in [4.69, 9.17) is 4.74 Å². The van der Waals surface area contributed by atoms with E-state index in [1.165, 1.54) is 6.42 Å². The summed E-state index contributed by atoms with van der Waals surface area (Å²) in [5, 5.41) is 3.36. The summed E-state index contributed by atoms with van der Waals surface area (Å²) in [6.07, 6.45) is 2.26. The van der Waals surface area contributed by atoms with Crippen LogP contribution in [-0.4, -0.2) is 30.2 Å². The highest BCUT2D eigenvalue weighted by Gasteiger charge is 2.16. The van der Waals surface area contributed by atoms with Crippen molar-refractivity contribution in [2.45, 2.75) is 19.8 Å². The van der Waals surface area contributed by atoms with E-state index in [0.717, 1.165) is 31.0 Å². The molecule has 4 heteroatoms. The van der Waals surface area contributed by atoms with E-state index in [1.807, 2.05) is 13.0 Å². The molecule has 2 rings (SSSR count). The zero-order valence-electron chi connectivity index (χ0n) is 9.29. The molecule has 1 unspecified atom stereocenters. The van der Waals surface area contributed by atoms with Gasteiger partial charge in [0.1, 0.15) is 5.82 Å². The Morgan fingerprint density at radius 1 is 1.53 bits per heavy atom. The molecule has 1 aromatic heterocycles. The first-order valence-corrected chi connectivity index (χ1v) is 5.37. The van der Waals surface area contributed by atoms with Crippen LogP contribution < -0.4 is 10.1 Å². The van der Waals surface area contributed by atoms with Gasteiger partial charge in [-0.1, -0.05) is 0 Å². The molecule has 4 nitrogen and oxygen atoms in total. The van der Waals surface area contributed by atoms with Crippen molar-refractivity contribution in [3.63, 3.8) is 0 Å². The van der Waals surface area contributed by atoms with Crippen LogP contribution >= 0.6 is 0 Å². The summed E-state index contributed by atoms with van der Waals surface area (Å²) in [4.78, 5) is 8.60. The molecule has 1 aliphatic rings. The van der Waals surface area contributed by atoms with Gasteiger partial charge < -0.3 is 10.1 Å². The van der Waals surface area contributed by atoms with Crippen LogP contribution in [0.3, 0.4) is 0 Å². The molecule has 1 aromatic rings. The lowest BCUT2D eigenvalue weighted by Crippen LogP contribution is -2.12. The summed E-state index contributed by atoms with van der Waals surface area (Å²) in [7, 11) is 1.64. The fourth-order valence-corrected chi connectivity index (χ4v) is 1.99. The van der Waals surface area contributed by atoms with E-state index in [-0.39, 0.29) is 0 Å². The minimum absolute atomic E-state index is 0.670. The second kappa shape index (κ2) is 4.57. The average molecular weight is 207 g/mol. The number of aromatic nitrogens is 2. The Bertz CT molecular complexity index is 335. The first-order chi connectivity index (χ1) is 7.28. The molecule has 1 aliphatic heterocycles. The Labute approximate surface area is 90.1 Å². The smallest absolute Gasteiger partial charge is 0.216 e. The predicted molar refractivity (Wildman–Crippen MR) is 58.0 cm³/mol. The third kappa shape index (κ3) is 2.65. The monoisotopic (exact) mass is 207 g/mol. The lowest BCUT2D eigenvalue weighted by atomic mass is 10.0. The largest absolute Gasteiger partial charge is 0.481 e. The Balaban J connectivity index is 2.09. The third-order valence-electron chi connectivity index (χ3n) is 2.74. The number of nitrogens with one attached hydrogen (secondary N) is 1. The quantitative estimate of drug-likeness (QED) is 0.801. The van der Waals surface area contributed by atoms with Crippen LogP contribution in [0.1, 0.15) is 17.9 Å². The third-order valence-corrected chi connectivity index (χ3v) is 2.74. The number of hydrogen-bond acceptors (Lipinski definition) is 4. The van der Waals surface area contributed by atoms with Crippen LogP contribution in [0, 0.1) is 12.8 Å². The maximum atomic E-state index is 5.13. The Morgan fingerprint density at radius 3 is 3.07 bits per heavy atom. The summed E-state index contributed by atoms with van der Waals surface area (Å²) in [6, 6.07) is 1.94. The molecule has 15 heavy (non-hydrogen) atoms. The first kappa shape index (κ1) is 10.4. The van der Waals surface area contributed by atoms with Crippen molar-refractivity contribution < 1.29 is 4.74 Å². The lowest BCUT2D eigenvalue weighted by Gasteiger charge is -2.09. The fraction of sp³-hybridized carbons (Fsp3) is 0.636. The maximum absolute atomic E-state index is 5.13. The molecule has 0 spiro atoms. The van der Waals surface area contributed by atoms with E-state index in [9.17, 15) is 0 Å². The first-order valence-electron chi connectivity index (χ1n) is 5.37. The van der Waals surface area contributed by atoms with Gasteiger partial charge in [0.15, 0.2) is 0 Å². The molecule has 0 amide bonds. The van der Waals surface area contributed by atoms with Crippen LogP contribution in [0.5, 0.6) is 5.88 Å². The van der Waals surface area contributed by atoms with Crippen LogP contribution in [0.4, 0.5) is 0 Å². The van der Waals surface area contributed by atoms with Crippen molar-refractivity contribution in [1.82, 2.24) is 15.3 Å². The molecule has 0 radical (unpaired) electrons. The summed E-state index contributed by atoms with van der Waals surface area (Å²) >= 11 is 0. The second-order valence-corrected chi connectivity index (χ2v) is 4.01. The number of ether oxygens (including phenoxy) is 1.